The number of ether oxygens (including phenoxy) is 3. The van der Waals surface area contributed by atoms with Crippen LogP contribution < -0.4 is 14.8 Å². The van der Waals surface area contributed by atoms with Gasteiger partial charge in [0.25, 0.3) is 0 Å². The molecule has 10 heteroatoms. The van der Waals surface area contributed by atoms with Crippen molar-refractivity contribution in [3.8, 4) is 11.5 Å². The predicted octanol–water partition coefficient (Wildman–Crippen LogP) is 2.83. The van der Waals surface area contributed by atoms with Gasteiger partial charge in [0.05, 0.1) is 20.3 Å². The van der Waals surface area contributed by atoms with Gasteiger partial charge >= 0.3 is 6.61 Å². The Labute approximate surface area is 200 Å². The zero-order valence-electron chi connectivity index (χ0n) is 18.2. The van der Waals surface area contributed by atoms with Gasteiger partial charge in [0.1, 0.15) is 0 Å². The molecule has 2 aliphatic heterocycles. The minimum Gasteiger partial charge on any atom is -0.493 e. The van der Waals surface area contributed by atoms with Crippen LogP contribution >= 0.6 is 24.0 Å². The largest absolute Gasteiger partial charge is 0.493 e. The molecule has 0 amide bonds. The molecule has 0 aliphatic carbocycles. The average molecular weight is 554 g/mol. The molecule has 1 N–H and O–H groups in total. The Hall–Kier alpha value is -1.40. The van der Waals surface area contributed by atoms with E-state index in [2.05, 4.69) is 26.8 Å². The van der Waals surface area contributed by atoms with Crippen molar-refractivity contribution in [2.24, 2.45) is 4.99 Å². The van der Waals surface area contributed by atoms with Crippen LogP contribution in [0.15, 0.2) is 23.2 Å². The van der Waals surface area contributed by atoms with Crippen molar-refractivity contribution in [1.29, 1.82) is 0 Å². The molecule has 31 heavy (non-hydrogen) atoms. The molecular weight excluding hydrogens is 521 g/mol. The second-order valence-electron chi connectivity index (χ2n) is 7.39. The number of halogens is 3. The monoisotopic (exact) mass is 554 g/mol. The molecule has 176 valence electrons. The molecule has 2 fully saturated rings. The van der Waals surface area contributed by atoms with E-state index in [4.69, 9.17) is 14.5 Å². The molecule has 1 atom stereocenters. The van der Waals surface area contributed by atoms with Crippen LogP contribution in [0.3, 0.4) is 0 Å². The van der Waals surface area contributed by atoms with Gasteiger partial charge in [-0.1, -0.05) is 6.07 Å². The van der Waals surface area contributed by atoms with Gasteiger partial charge in [-0.15, -0.1) is 24.0 Å². The van der Waals surface area contributed by atoms with Gasteiger partial charge in [-0.2, -0.15) is 8.78 Å². The number of hydrogen-bond donors (Lipinski definition) is 1. The highest BCUT2D eigenvalue weighted by Crippen LogP contribution is 2.29. The van der Waals surface area contributed by atoms with Gasteiger partial charge in [0.2, 0.25) is 0 Å². The maximum Gasteiger partial charge on any atom is 0.387 e. The van der Waals surface area contributed by atoms with Crippen molar-refractivity contribution < 1.29 is 23.0 Å². The fraction of sp³-hybridized carbons (Fsp3) is 0.667. The highest BCUT2D eigenvalue weighted by molar-refractivity contribution is 14.0. The van der Waals surface area contributed by atoms with E-state index >= 15 is 0 Å². The quantitative estimate of drug-likeness (QED) is 0.303. The van der Waals surface area contributed by atoms with E-state index in [1.165, 1.54) is 7.11 Å². The van der Waals surface area contributed by atoms with Gasteiger partial charge in [-0.3, -0.25) is 9.89 Å². The summed E-state index contributed by atoms with van der Waals surface area (Å²) >= 11 is 0. The Morgan fingerprint density at radius 3 is 2.71 bits per heavy atom. The van der Waals surface area contributed by atoms with Gasteiger partial charge in [-0.05, 0) is 37.5 Å². The number of nitrogens with one attached hydrogen (secondary N) is 1. The summed E-state index contributed by atoms with van der Waals surface area (Å²) < 4.78 is 40.4. The SMILES string of the molecule is CCNC(=NCCc1ccc(OC)c(OC(F)F)c1)N1CCC(N2CCOCC2)C1.I. The highest BCUT2D eigenvalue weighted by Gasteiger charge is 2.30. The third-order valence-electron chi connectivity index (χ3n) is 5.47. The minimum atomic E-state index is -2.89. The van der Waals surface area contributed by atoms with Crippen LogP contribution in [0.2, 0.25) is 0 Å². The van der Waals surface area contributed by atoms with Crippen LogP contribution in [0.1, 0.15) is 18.9 Å². The molecule has 1 aromatic rings. The summed E-state index contributed by atoms with van der Waals surface area (Å²) in [4.78, 5) is 9.59. The fourth-order valence-electron chi connectivity index (χ4n) is 3.96. The first-order valence-electron chi connectivity index (χ1n) is 10.6. The maximum absolute atomic E-state index is 12.6. The molecular formula is C21H33F2IN4O3. The van der Waals surface area contributed by atoms with Crippen LogP contribution in [0.5, 0.6) is 11.5 Å². The third-order valence-corrected chi connectivity index (χ3v) is 5.47. The molecule has 2 heterocycles. The lowest BCUT2D eigenvalue weighted by Gasteiger charge is -2.32. The summed E-state index contributed by atoms with van der Waals surface area (Å²) in [7, 11) is 1.43. The van der Waals surface area contributed by atoms with Gasteiger partial charge in [0.15, 0.2) is 17.5 Å². The van der Waals surface area contributed by atoms with Crippen molar-refractivity contribution in [1.82, 2.24) is 15.1 Å². The molecule has 7 nitrogen and oxygen atoms in total. The molecule has 1 aromatic carbocycles. The normalized spacial score (nSPS) is 20.0. The van der Waals surface area contributed by atoms with E-state index in [-0.39, 0.29) is 29.7 Å². The first kappa shape index (κ1) is 25.9. The molecule has 2 saturated heterocycles. The molecule has 2 aliphatic rings. The number of aliphatic imine (C=N–C) groups is 1. The molecule has 0 spiro atoms. The van der Waals surface area contributed by atoms with Crippen molar-refractivity contribution in [2.45, 2.75) is 32.4 Å². The van der Waals surface area contributed by atoms with Crippen LogP contribution in [0.4, 0.5) is 8.78 Å². The summed E-state index contributed by atoms with van der Waals surface area (Å²) in [6.45, 7) is 6.06. The van der Waals surface area contributed by atoms with Crippen LogP contribution in [0, 0.1) is 0 Å². The van der Waals surface area contributed by atoms with E-state index in [0.29, 0.717) is 24.8 Å². The van der Waals surface area contributed by atoms with Crippen molar-refractivity contribution in [2.75, 3.05) is 59.6 Å². The van der Waals surface area contributed by atoms with Crippen molar-refractivity contribution >= 4 is 29.9 Å². The zero-order chi connectivity index (χ0) is 21.3. The lowest BCUT2D eigenvalue weighted by molar-refractivity contribution is -0.0512. The number of nitrogens with zero attached hydrogens (tertiary/aromatic N) is 3. The molecule has 0 bridgehead atoms. The number of morpholine rings is 1. The molecule has 0 saturated carbocycles. The van der Waals surface area contributed by atoms with E-state index in [0.717, 1.165) is 63.9 Å². The standard InChI is InChI=1S/C21H32F2N4O3.HI/c1-3-24-21(27-9-7-17(15-27)26-10-12-29-13-11-26)25-8-6-16-4-5-18(28-2)19(14-16)30-20(22)23;/h4-5,14,17,20H,3,6-13,15H2,1-2H3,(H,24,25);1H. The third kappa shape index (κ3) is 7.60. The Morgan fingerprint density at radius 1 is 1.26 bits per heavy atom. The summed E-state index contributed by atoms with van der Waals surface area (Å²) in [6, 6.07) is 5.63. The number of methoxy groups -OCH3 is 1. The van der Waals surface area contributed by atoms with Gasteiger partial charge in [-0.25, -0.2) is 0 Å². The lowest BCUT2D eigenvalue weighted by Crippen LogP contribution is -2.46. The number of likely N-dealkylation sites (tertiary alicyclic amines) is 1. The number of hydrogen-bond acceptors (Lipinski definition) is 5. The van der Waals surface area contributed by atoms with Crippen molar-refractivity contribution in [3.05, 3.63) is 23.8 Å². The first-order chi connectivity index (χ1) is 14.6. The Balaban J connectivity index is 0.00000341. The summed E-state index contributed by atoms with van der Waals surface area (Å²) in [5.74, 6) is 1.25. The Bertz CT molecular complexity index is 705. The molecule has 0 aromatic heterocycles. The zero-order valence-corrected chi connectivity index (χ0v) is 20.5. The van der Waals surface area contributed by atoms with E-state index in [1.54, 1.807) is 12.1 Å². The highest BCUT2D eigenvalue weighted by atomic mass is 127. The number of rotatable bonds is 8. The number of alkyl halides is 2. The number of guanidine groups is 1. The fourth-order valence-corrected chi connectivity index (χ4v) is 3.96. The minimum absolute atomic E-state index is 0. The topological polar surface area (TPSA) is 58.6 Å². The molecule has 0 radical (unpaired) electrons. The Morgan fingerprint density at radius 2 is 2.03 bits per heavy atom. The maximum atomic E-state index is 12.6. The smallest absolute Gasteiger partial charge is 0.387 e. The second kappa shape index (κ2) is 13.2. The van der Waals surface area contributed by atoms with Gasteiger partial charge < -0.3 is 24.4 Å². The lowest BCUT2D eigenvalue weighted by atomic mass is 10.1. The van der Waals surface area contributed by atoms with Crippen LogP contribution in [-0.4, -0.2) is 88.0 Å². The van der Waals surface area contributed by atoms with E-state index in [1.807, 2.05) is 6.07 Å². The first-order valence-corrected chi connectivity index (χ1v) is 10.6. The average Bonchev–Trinajstić information content (AvgIpc) is 3.24. The van der Waals surface area contributed by atoms with Crippen LogP contribution in [0.25, 0.3) is 0 Å². The Kier molecular flexibility index (Phi) is 11.0. The predicted molar refractivity (Wildman–Crippen MR) is 127 cm³/mol. The molecule has 3 rings (SSSR count). The summed E-state index contributed by atoms with van der Waals surface area (Å²) in [5.41, 5.74) is 0.874. The van der Waals surface area contributed by atoms with Crippen LogP contribution in [-0.2, 0) is 11.2 Å². The van der Waals surface area contributed by atoms with E-state index in [9.17, 15) is 8.78 Å². The molecule has 1 unspecified atom stereocenters. The van der Waals surface area contributed by atoms with Crippen molar-refractivity contribution in [3.63, 3.8) is 0 Å². The summed E-state index contributed by atoms with van der Waals surface area (Å²) in [6.07, 6.45) is 1.75. The number of benzene rings is 1. The second-order valence-corrected chi connectivity index (χ2v) is 7.39. The summed E-state index contributed by atoms with van der Waals surface area (Å²) in [5, 5.41) is 3.38. The van der Waals surface area contributed by atoms with Gasteiger partial charge in [0, 0.05) is 45.3 Å². The van der Waals surface area contributed by atoms with E-state index < -0.39 is 6.61 Å².